The quantitative estimate of drug-likeness (QED) is 0.457. The van der Waals surface area contributed by atoms with Gasteiger partial charge in [0.15, 0.2) is 0 Å². The Bertz CT molecular complexity index is 288. The fourth-order valence-corrected chi connectivity index (χ4v) is 2.05. The van der Waals surface area contributed by atoms with Crippen LogP contribution in [-0.4, -0.2) is 48.0 Å². The topological polar surface area (TPSA) is 95.9 Å². The molecule has 0 aromatic carbocycles. The molecule has 0 amide bonds. The van der Waals surface area contributed by atoms with Gasteiger partial charge in [-0.25, -0.2) is 9.59 Å². The number of methoxy groups -OCH3 is 1. The summed E-state index contributed by atoms with van der Waals surface area (Å²) >= 11 is 0. The Morgan fingerprint density at radius 1 is 1.53 bits per heavy atom. The van der Waals surface area contributed by atoms with E-state index in [2.05, 4.69) is 10.1 Å². The van der Waals surface area contributed by atoms with Crippen LogP contribution < -0.4 is 5.32 Å². The van der Waals surface area contributed by atoms with Crippen molar-refractivity contribution < 1.29 is 24.5 Å². The molecule has 1 aliphatic rings. The van der Waals surface area contributed by atoms with Crippen LogP contribution in [0.3, 0.4) is 0 Å². The summed E-state index contributed by atoms with van der Waals surface area (Å²) in [4.78, 5) is 22.2. The Kier molecular flexibility index (Phi) is 4.89. The number of carboxylic acid groups (broad SMARTS) is 1. The minimum atomic E-state index is -2.41. The minimum absolute atomic E-state index is 0.110. The molecule has 1 fully saturated rings. The molecule has 1 unspecified atom stereocenters. The van der Waals surface area contributed by atoms with Crippen LogP contribution in [0, 0.1) is 5.92 Å². The molecule has 0 aliphatic carbocycles. The molecule has 17 heavy (non-hydrogen) atoms. The number of piperidine rings is 1. The van der Waals surface area contributed by atoms with Crippen LogP contribution >= 0.6 is 0 Å². The summed E-state index contributed by atoms with van der Waals surface area (Å²) in [6, 6.07) is 0. The first-order valence-electron chi connectivity index (χ1n) is 5.75. The number of carbonyl (C=O) groups excluding carboxylic acids is 1. The lowest BCUT2D eigenvalue weighted by atomic mass is 9.88. The Hall–Kier alpha value is -1.14. The number of carboxylic acids is 1. The molecule has 1 heterocycles. The zero-order chi connectivity index (χ0) is 12.9. The van der Waals surface area contributed by atoms with Crippen molar-refractivity contribution in [3.8, 4) is 0 Å². The molecule has 0 spiro atoms. The second-order valence-corrected chi connectivity index (χ2v) is 4.41. The molecule has 1 aliphatic heterocycles. The van der Waals surface area contributed by atoms with Gasteiger partial charge in [0.25, 0.3) is 5.60 Å². The molecule has 0 aromatic rings. The second kappa shape index (κ2) is 5.97. The van der Waals surface area contributed by atoms with Gasteiger partial charge in [0.2, 0.25) is 0 Å². The van der Waals surface area contributed by atoms with Gasteiger partial charge in [-0.15, -0.1) is 0 Å². The summed E-state index contributed by atoms with van der Waals surface area (Å²) in [5.41, 5.74) is -2.41. The Morgan fingerprint density at radius 2 is 2.24 bits per heavy atom. The highest BCUT2D eigenvalue weighted by Gasteiger charge is 2.45. The van der Waals surface area contributed by atoms with Crippen molar-refractivity contribution in [3.05, 3.63) is 0 Å². The number of hydrogen-bond acceptors (Lipinski definition) is 5. The molecule has 0 aromatic heterocycles. The van der Waals surface area contributed by atoms with Gasteiger partial charge in [0.05, 0.1) is 7.11 Å². The van der Waals surface area contributed by atoms with Crippen LogP contribution in [0.1, 0.15) is 25.7 Å². The average Bonchev–Trinajstić information content (AvgIpc) is 2.35. The molecular weight excluding hydrogens is 226 g/mol. The molecular formula is C11H19NO5. The maximum absolute atomic E-state index is 11.3. The Labute approximate surface area is 100.0 Å². The first-order chi connectivity index (χ1) is 8.00. The van der Waals surface area contributed by atoms with Crippen LogP contribution in [0.15, 0.2) is 0 Å². The van der Waals surface area contributed by atoms with Gasteiger partial charge in [-0.3, -0.25) is 0 Å². The summed E-state index contributed by atoms with van der Waals surface area (Å²) in [5.74, 6) is -2.35. The van der Waals surface area contributed by atoms with Crippen molar-refractivity contribution >= 4 is 11.9 Å². The molecule has 3 N–H and O–H groups in total. The van der Waals surface area contributed by atoms with E-state index in [9.17, 15) is 14.7 Å². The number of aliphatic hydroxyl groups is 1. The SMILES string of the molecule is COC(=O)[C@](O)(CCC1CCCNC1)C(=O)O. The zero-order valence-corrected chi connectivity index (χ0v) is 9.94. The van der Waals surface area contributed by atoms with E-state index in [-0.39, 0.29) is 6.42 Å². The van der Waals surface area contributed by atoms with Crippen LogP contribution in [0.5, 0.6) is 0 Å². The highest BCUT2D eigenvalue weighted by atomic mass is 16.5. The number of nitrogens with one attached hydrogen (secondary N) is 1. The smallest absolute Gasteiger partial charge is 0.349 e. The molecule has 6 heteroatoms. The third-order valence-electron chi connectivity index (χ3n) is 3.19. The van der Waals surface area contributed by atoms with Gasteiger partial charge in [0, 0.05) is 0 Å². The van der Waals surface area contributed by atoms with E-state index in [0.717, 1.165) is 33.0 Å². The predicted octanol–water partition coefficient (Wildman–Crippen LogP) is -0.245. The van der Waals surface area contributed by atoms with Gasteiger partial charge >= 0.3 is 11.9 Å². The first-order valence-corrected chi connectivity index (χ1v) is 5.75. The second-order valence-electron chi connectivity index (χ2n) is 4.41. The van der Waals surface area contributed by atoms with Crippen molar-refractivity contribution in [1.29, 1.82) is 0 Å². The number of ether oxygens (including phenoxy) is 1. The molecule has 0 saturated carbocycles. The fraction of sp³-hybridized carbons (Fsp3) is 0.818. The lowest BCUT2D eigenvalue weighted by molar-refractivity contribution is -0.179. The van der Waals surface area contributed by atoms with Gasteiger partial charge < -0.3 is 20.3 Å². The van der Waals surface area contributed by atoms with Crippen LogP contribution in [0.25, 0.3) is 0 Å². The van der Waals surface area contributed by atoms with Crippen molar-refractivity contribution in [2.75, 3.05) is 20.2 Å². The van der Waals surface area contributed by atoms with Gasteiger partial charge in [0.1, 0.15) is 0 Å². The van der Waals surface area contributed by atoms with E-state index in [0.29, 0.717) is 12.3 Å². The monoisotopic (exact) mass is 245 g/mol. The van der Waals surface area contributed by atoms with Crippen molar-refractivity contribution in [2.24, 2.45) is 5.92 Å². The van der Waals surface area contributed by atoms with E-state index in [1.165, 1.54) is 0 Å². The number of aliphatic carboxylic acids is 1. The van der Waals surface area contributed by atoms with E-state index in [1.807, 2.05) is 0 Å². The zero-order valence-electron chi connectivity index (χ0n) is 9.94. The van der Waals surface area contributed by atoms with Gasteiger partial charge in [-0.05, 0) is 44.7 Å². The Morgan fingerprint density at radius 3 is 2.71 bits per heavy atom. The summed E-state index contributed by atoms with van der Waals surface area (Å²) in [7, 11) is 1.07. The molecule has 98 valence electrons. The highest BCUT2D eigenvalue weighted by molar-refractivity contribution is 6.02. The van der Waals surface area contributed by atoms with Crippen molar-refractivity contribution in [1.82, 2.24) is 5.32 Å². The van der Waals surface area contributed by atoms with E-state index in [1.54, 1.807) is 0 Å². The lowest BCUT2D eigenvalue weighted by Gasteiger charge is -2.26. The molecule has 2 atom stereocenters. The number of hydrogen-bond donors (Lipinski definition) is 3. The van der Waals surface area contributed by atoms with E-state index < -0.39 is 17.5 Å². The lowest BCUT2D eigenvalue weighted by Crippen LogP contribution is -2.48. The third kappa shape index (κ3) is 3.41. The van der Waals surface area contributed by atoms with Crippen LogP contribution in [-0.2, 0) is 14.3 Å². The maximum Gasteiger partial charge on any atom is 0.349 e. The summed E-state index contributed by atoms with van der Waals surface area (Å²) in [6.07, 6.45) is 2.41. The van der Waals surface area contributed by atoms with Crippen LogP contribution in [0.4, 0.5) is 0 Å². The first kappa shape index (κ1) is 13.9. The summed E-state index contributed by atoms with van der Waals surface area (Å²) in [6.45, 7) is 1.77. The third-order valence-corrected chi connectivity index (χ3v) is 3.19. The molecule has 1 saturated heterocycles. The normalized spacial score (nSPS) is 23.8. The van der Waals surface area contributed by atoms with Crippen molar-refractivity contribution in [2.45, 2.75) is 31.3 Å². The average molecular weight is 245 g/mol. The maximum atomic E-state index is 11.3. The molecule has 1 rings (SSSR count). The van der Waals surface area contributed by atoms with Gasteiger partial charge in [-0.1, -0.05) is 0 Å². The standard InChI is InChI=1S/C11H19NO5/c1-17-10(15)11(16,9(13)14)5-4-8-3-2-6-12-7-8/h8,12,16H,2-7H2,1H3,(H,13,14)/t8?,11-/m0/s1. The number of carbonyl (C=O) groups is 2. The fourth-order valence-electron chi connectivity index (χ4n) is 2.05. The summed E-state index contributed by atoms with van der Waals surface area (Å²) in [5, 5.41) is 21.9. The number of esters is 1. The summed E-state index contributed by atoms with van der Waals surface area (Å²) < 4.78 is 4.33. The molecule has 0 bridgehead atoms. The van der Waals surface area contributed by atoms with Gasteiger partial charge in [-0.2, -0.15) is 0 Å². The highest BCUT2D eigenvalue weighted by Crippen LogP contribution is 2.23. The number of rotatable bonds is 5. The van der Waals surface area contributed by atoms with Crippen molar-refractivity contribution in [3.63, 3.8) is 0 Å². The minimum Gasteiger partial charge on any atom is -0.479 e. The molecule has 6 nitrogen and oxygen atoms in total. The van der Waals surface area contributed by atoms with E-state index in [4.69, 9.17) is 5.11 Å². The Balaban J connectivity index is 2.54. The predicted molar refractivity (Wildman–Crippen MR) is 59.4 cm³/mol. The van der Waals surface area contributed by atoms with Crippen LogP contribution in [0.2, 0.25) is 0 Å². The van der Waals surface area contributed by atoms with E-state index >= 15 is 0 Å². The largest absolute Gasteiger partial charge is 0.479 e. The molecule has 0 radical (unpaired) electrons.